The number of hydrogen-bond donors (Lipinski definition) is 0. The number of ether oxygens (including phenoxy) is 1. The molecule has 1 nitrogen and oxygen atoms in total. The first-order valence-corrected chi connectivity index (χ1v) is 8.64. The average Bonchev–Trinajstić information content (AvgIpc) is 2.31. The summed E-state index contributed by atoms with van der Waals surface area (Å²) in [5.74, 6) is 1.62. The van der Waals surface area contributed by atoms with E-state index in [0.29, 0.717) is 5.92 Å². The number of halogens is 2. The molecule has 1 rings (SSSR count). The molecule has 0 aliphatic carbocycles. The van der Waals surface area contributed by atoms with E-state index in [9.17, 15) is 0 Å². The molecule has 0 radical (unpaired) electrons. The van der Waals surface area contributed by atoms with Gasteiger partial charge in [-0.05, 0) is 95.5 Å². The van der Waals surface area contributed by atoms with Crippen LogP contribution in [-0.2, 0) is 0 Å². The van der Waals surface area contributed by atoms with Gasteiger partial charge in [-0.2, -0.15) is 0 Å². The van der Waals surface area contributed by atoms with Crippen LogP contribution in [0.4, 0.5) is 0 Å². The van der Waals surface area contributed by atoms with Crippen LogP contribution in [0.1, 0.15) is 58.9 Å². The van der Waals surface area contributed by atoms with Gasteiger partial charge in [0.1, 0.15) is 11.4 Å². The van der Waals surface area contributed by atoms with E-state index in [1.165, 1.54) is 12.7 Å². The monoisotopic (exact) mass is 472 g/mol. The van der Waals surface area contributed by atoms with E-state index < -0.39 is 0 Å². The van der Waals surface area contributed by atoms with Crippen molar-refractivity contribution in [1.29, 1.82) is 0 Å². The minimum Gasteiger partial charge on any atom is -0.486 e. The lowest BCUT2D eigenvalue weighted by Gasteiger charge is -2.28. The van der Waals surface area contributed by atoms with Gasteiger partial charge in [-0.3, -0.25) is 0 Å². The maximum absolute atomic E-state index is 6.28. The highest BCUT2D eigenvalue weighted by molar-refractivity contribution is 14.1. The lowest BCUT2D eigenvalue weighted by molar-refractivity contribution is 0.102. The van der Waals surface area contributed by atoms with Crippen LogP contribution in [0.15, 0.2) is 12.1 Å². The molecule has 1 aromatic rings. The summed E-state index contributed by atoms with van der Waals surface area (Å²) >= 11 is 4.77. The van der Waals surface area contributed by atoms with Crippen molar-refractivity contribution < 1.29 is 4.74 Å². The normalized spacial score (nSPS) is 13.5. The van der Waals surface area contributed by atoms with Crippen molar-refractivity contribution in [2.75, 3.05) is 0 Å². The molecule has 0 aromatic heterocycles. The van der Waals surface area contributed by atoms with Crippen molar-refractivity contribution in [1.82, 2.24) is 0 Å². The molecule has 18 heavy (non-hydrogen) atoms. The molecule has 0 saturated carbocycles. The fourth-order valence-electron chi connectivity index (χ4n) is 1.62. The average molecular weight is 472 g/mol. The molecule has 0 amide bonds. The van der Waals surface area contributed by atoms with E-state index in [1.54, 1.807) is 0 Å². The Morgan fingerprint density at radius 3 is 2.33 bits per heavy atom. The molecule has 0 spiro atoms. The first kappa shape index (κ1) is 16.5. The second kappa shape index (κ2) is 6.77. The standard InChI is InChI=1S/C15H22I2O/c1-6-10(3)12-8-11(16)9-13(17)14(12)18-15(4,5)7-2/h8-10H,6-7H2,1-5H3. The van der Waals surface area contributed by atoms with Gasteiger partial charge in [0, 0.05) is 3.57 Å². The summed E-state index contributed by atoms with van der Waals surface area (Å²) in [5.41, 5.74) is 1.24. The summed E-state index contributed by atoms with van der Waals surface area (Å²) in [6.45, 7) is 11.0. The van der Waals surface area contributed by atoms with E-state index >= 15 is 0 Å². The molecule has 1 unspecified atom stereocenters. The molecule has 0 fully saturated rings. The maximum Gasteiger partial charge on any atom is 0.136 e. The minimum atomic E-state index is -0.102. The van der Waals surface area contributed by atoms with Gasteiger partial charge in [0.25, 0.3) is 0 Å². The Hall–Kier alpha value is 0.480. The number of rotatable bonds is 5. The van der Waals surface area contributed by atoms with E-state index in [4.69, 9.17) is 4.74 Å². The summed E-state index contributed by atoms with van der Waals surface area (Å²) in [5, 5.41) is 0. The number of hydrogen-bond acceptors (Lipinski definition) is 1. The summed E-state index contributed by atoms with van der Waals surface area (Å²) in [6, 6.07) is 4.45. The molecule has 0 heterocycles. The van der Waals surface area contributed by atoms with Crippen LogP contribution in [0.3, 0.4) is 0 Å². The van der Waals surface area contributed by atoms with E-state index in [0.717, 1.165) is 18.6 Å². The number of benzene rings is 1. The lowest BCUT2D eigenvalue weighted by Crippen LogP contribution is -2.28. The lowest BCUT2D eigenvalue weighted by atomic mass is 9.97. The smallest absolute Gasteiger partial charge is 0.136 e. The van der Waals surface area contributed by atoms with Gasteiger partial charge >= 0.3 is 0 Å². The zero-order valence-corrected chi connectivity index (χ0v) is 16.1. The maximum atomic E-state index is 6.28. The summed E-state index contributed by atoms with van der Waals surface area (Å²) < 4.78 is 8.78. The molecule has 0 N–H and O–H groups in total. The molecule has 102 valence electrons. The van der Waals surface area contributed by atoms with Crippen LogP contribution >= 0.6 is 45.2 Å². The van der Waals surface area contributed by atoms with Gasteiger partial charge in [-0.15, -0.1) is 0 Å². The minimum absolute atomic E-state index is 0.102. The summed E-state index contributed by atoms with van der Waals surface area (Å²) in [6.07, 6.45) is 2.15. The first-order valence-electron chi connectivity index (χ1n) is 6.48. The topological polar surface area (TPSA) is 9.23 Å². The second-order valence-electron chi connectivity index (χ2n) is 5.33. The Balaban J connectivity index is 3.23. The molecule has 0 aliphatic rings. The molecule has 3 heteroatoms. The van der Waals surface area contributed by atoms with Gasteiger partial charge in [0.2, 0.25) is 0 Å². The molecular formula is C15H22I2O. The molecule has 0 aliphatic heterocycles. The van der Waals surface area contributed by atoms with Crippen LogP contribution in [0.2, 0.25) is 0 Å². The third-order valence-corrected chi connectivity index (χ3v) is 4.83. The predicted molar refractivity (Wildman–Crippen MR) is 95.6 cm³/mol. The Kier molecular flexibility index (Phi) is 6.22. The van der Waals surface area contributed by atoms with Crippen molar-refractivity contribution in [3.8, 4) is 5.75 Å². The van der Waals surface area contributed by atoms with Crippen LogP contribution < -0.4 is 4.74 Å². The first-order chi connectivity index (χ1) is 8.30. The predicted octanol–water partition coefficient (Wildman–Crippen LogP) is 5.98. The van der Waals surface area contributed by atoms with Crippen molar-refractivity contribution in [3.05, 3.63) is 24.8 Å². The van der Waals surface area contributed by atoms with Crippen molar-refractivity contribution in [2.24, 2.45) is 0 Å². The highest BCUT2D eigenvalue weighted by Gasteiger charge is 2.22. The Morgan fingerprint density at radius 1 is 1.22 bits per heavy atom. The quantitative estimate of drug-likeness (QED) is 0.480. The zero-order chi connectivity index (χ0) is 13.9. The van der Waals surface area contributed by atoms with Crippen LogP contribution in [-0.4, -0.2) is 5.60 Å². The highest BCUT2D eigenvalue weighted by Crippen LogP contribution is 2.37. The molecule has 0 saturated heterocycles. The van der Waals surface area contributed by atoms with E-state index in [2.05, 4.69) is 91.9 Å². The van der Waals surface area contributed by atoms with Crippen LogP contribution in [0, 0.1) is 7.14 Å². The fraction of sp³-hybridized carbons (Fsp3) is 0.600. The summed E-state index contributed by atoms with van der Waals surface area (Å²) in [7, 11) is 0. The Bertz CT molecular complexity index is 413. The van der Waals surface area contributed by atoms with Crippen LogP contribution in [0.5, 0.6) is 5.75 Å². The molecule has 0 bridgehead atoms. The fourth-order valence-corrected chi connectivity index (χ4v) is 3.62. The Morgan fingerprint density at radius 2 is 1.83 bits per heavy atom. The van der Waals surface area contributed by atoms with Crippen molar-refractivity contribution in [2.45, 2.75) is 59.0 Å². The van der Waals surface area contributed by atoms with Gasteiger partial charge < -0.3 is 4.74 Å². The third-order valence-electron chi connectivity index (χ3n) is 3.41. The largest absolute Gasteiger partial charge is 0.486 e. The van der Waals surface area contributed by atoms with Gasteiger partial charge in [0.15, 0.2) is 0 Å². The molecule has 1 atom stereocenters. The van der Waals surface area contributed by atoms with Gasteiger partial charge in [0.05, 0.1) is 3.57 Å². The SMILES string of the molecule is CCC(C)c1cc(I)cc(I)c1OC(C)(C)CC. The van der Waals surface area contributed by atoms with Crippen LogP contribution in [0.25, 0.3) is 0 Å². The van der Waals surface area contributed by atoms with E-state index in [-0.39, 0.29) is 5.60 Å². The molecule has 1 aromatic carbocycles. The van der Waals surface area contributed by atoms with Gasteiger partial charge in [-0.25, -0.2) is 0 Å². The van der Waals surface area contributed by atoms with E-state index in [1.807, 2.05) is 0 Å². The molecular weight excluding hydrogens is 450 g/mol. The van der Waals surface area contributed by atoms with Crippen molar-refractivity contribution in [3.63, 3.8) is 0 Å². The van der Waals surface area contributed by atoms with Gasteiger partial charge in [-0.1, -0.05) is 20.8 Å². The Labute approximate surface area is 138 Å². The van der Waals surface area contributed by atoms with Crippen molar-refractivity contribution >= 4 is 45.2 Å². The highest BCUT2D eigenvalue weighted by atomic mass is 127. The second-order valence-corrected chi connectivity index (χ2v) is 7.74. The third kappa shape index (κ3) is 4.25. The summed E-state index contributed by atoms with van der Waals surface area (Å²) in [4.78, 5) is 0. The zero-order valence-electron chi connectivity index (χ0n) is 11.8.